The Hall–Kier alpha value is -0.770. The first kappa shape index (κ1) is 14.2. The predicted octanol–water partition coefficient (Wildman–Crippen LogP) is 4.75. The molecule has 110 valence electrons. The zero-order valence-electron chi connectivity index (χ0n) is 13.3. The molecule has 0 radical (unpaired) electrons. The van der Waals surface area contributed by atoms with Crippen LogP contribution in [0.25, 0.3) is 0 Å². The van der Waals surface area contributed by atoms with Crippen molar-refractivity contribution in [2.24, 2.45) is 22.2 Å². The highest BCUT2D eigenvalue weighted by Gasteiger charge is 2.60. The molecule has 0 aromatic heterocycles. The van der Waals surface area contributed by atoms with E-state index in [-0.39, 0.29) is 0 Å². The standard InChI is InChI=1S/C19H28O/c1-4-5-6-7-16(20)11-19-10-15-8-17(2,13-19)12-18(3,9-15)14-19/h15H,6-14H2,1-3H3. The number of ketones is 1. The van der Waals surface area contributed by atoms with E-state index in [2.05, 4.69) is 25.7 Å². The van der Waals surface area contributed by atoms with Gasteiger partial charge < -0.3 is 0 Å². The average Bonchev–Trinajstić information content (AvgIpc) is 2.22. The molecule has 0 heterocycles. The van der Waals surface area contributed by atoms with Gasteiger partial charge in [0.1, 0.15) is 5.78 Å². The molecule has 4 fully saturated rings. The number of rotatable bonds is 4. The van der Waals surface area contributed by atoms with Gasteiger partial charge in [0.15, 0.2) is 0 Å². The van der Waals surface area contributed by atoms with Gasteiger partial charge in [0.25, 0.3) is 0 Å². The van der Waals surface area contributed by atoms with Crippen molar-refractivity contribution in [3.8, 4) is 11.8 Å². The molecule has 4 rings (SSSR count). The van der Waals surface area contributed by atoms with Gasteiger partial charge in [-0.25, -0.2) is 0 Å². The summed E-state index contributed by atoms with van der Waals surface area (Å²) >= 11 is 0. The Kier molecular flexibility index (Phi) is 3.27. The van der Waals surface area contributed by atoms with Gasteiger partial charge in [-0.3, -0.25) is 4.79 Å². The van der Waals surface area contributed by atoms with E-state index in [1.807, 2.05) is 6.92 Å². The van der Waals surface area contributed by atoms with Gasteiger partial charge in [0, 0.05) is 19.3 Å². The molecule has 0 N–H and O–H groups in total. The molecular formula is C19H28O. The van der Waals surface area contributed by atoms with Gasteiger partial charge in [0.2, 0.25) is 0 Å². The highest BCUT2D eigenvalue weighted by Crippen LogP contribution is 2.70. The molecule has 0 aromatic rings. The van der Waals surface area contributed by atoms with E-state index in [1.165, 1.54) is 38.5 Å². The molecule has 0 aromatic carbocycles. The van der Waals surface area contributed by atoms with E-state index in [9.17, 15) is 4.79 Å². The number of carbonyl (C=O) groups is 1. The summed E-state index contributed by atoms with van der Waals surface area (Å²) in [4.78, 5) is 12.3. The van der Waals surface area contributed by atoms with Crippen molar-refractivity contribution in [1.82, 2.24) is 0 Å². The molecule has 0 aliphatic heterocycles. The van der Waals surface area contributed by atoms with E-state index in [4.69, 9.17) is 0 Å². The number of Topliss-reactive ketones (excluding diaryl/α,β-unsaturated/α-hetero) is 1. The lowest BCUT2D eigenvalue weighted by molar-refractivity contribution is -0.155. The Bertz CT molecular complexity index is 460. The van der Waals surface area contributed by atoms with Crippen LogP contribution in [0.4, 0.5) is 0 Å². The lowest BCUT2D eigenvalue weighted by Gasteiger charge is -2.65. The third kappa shape index (κ3) is 2.54. The first-order chi connectivity index (χ1) is 9.36. The fourth-order valence-corrected chi connectivity index (χ4v) is 6.71. The molecule has 20 heavy (non-hydrogen) atoms. The van der Waals surface area contributed by atoms with Gasteiger partial charge in [-0.15, -0.1) is 11.8 Å². The maximum atomic E-state index is 12.3. The SMILES string of the molecule is CC#CCCC(=O)CC12CC3CC(C)(CC(C)(C3)C1)C2. The minimum Gasteiger partial charge on any atom is -0.300 e. The molecule has 4 aliphatic rings. The van der Waals surface area contributed by atoms with Gasteiger partial charge in [-0.05, 0) is 67.6 Å². The summed E-state index contributed by atoms with van der Waals surface area (Å²) in [6, 6.07) is 0. The van der Waals surface area contributed by atoms with E-state index < -0.39 is 0 Å². The summed E-state index contributed by atoms with van der Waals surface area (Å²) in [5, 5.41) is 0. The molecular weight excluding hydrogens is 244 g/mol. The minimum absolute atomic E-state index is 0.347. The second-order valence-corrected chi connectivity index (χ2v) is 8.77. The summed E-state index contributed by atoms with van der Waals surface area (Å²) in [7, 11) is 0. The Morgan fingerprint density at radius 1 is 1.10 bits per heavy atom. The zero-order chi connectivity index (χ0) is 14.4. The summed E-state index contributed by atoms with van der Waals surface area (Å²) in [6.45, 7) is 6.82. The topological polar surface area (TPSA) is 17.1 Å². The Balaban J connectivity index is 1.72. The van der Waals surface area contributed by atoms with Crippen molar-refractivity contribution < 1.29 is 4.79 Å². The third-order valence-corrected chi connectivity index (χ3v) is 6.02. The molecule has 1 nitrogen and oxygen atoms in total. The van der Waals surface area contributed by atoms with E-state index in [1.54, 1.807) is 0 Å². The lowest BCUT2D eigenvalue weighted by Crippen LogP contribution is -2.55. The lowest BCUT2D eigenvalue weighted by atomic mass is 9.39. The van der Waals surface area contributed by atoms with Crippen LogP contribution in [-0.2, 0) is 4.79 Å². The van der Waals surface area contributed by atoms with Crippen molar-refractivity contribution in [2.75, 3.05) is 0 Å². The molecule has 2 unspecified atom stereocenters. The molecule has 1 heteroatoms. The molecule has 0 saturated heterocycles. The molecule has 0 spiro atoms. The quantitative estimate of drug-likeness (QED) is 0.675. The fourth-order valence-electron chi connectivity index (χ4n) is 6.71. The Morgan fingerprint density at radius 3 is 2.30 bits per heavy atom. The zero-order valence-corrected chi connectivity index (χ0v) is 13.3. The van der Waals surface area contributed by atoms with Crippen LogP contribution in [0.3, 0.4) is 0 Å². The summed E-state index contributed by atoms with van der Waals surface area (Å²) in [5.74, 6) is 7.28. The molecule has 4 saturated carbocycles. The van der Waals surface area contributed by atoms with Gasteiger partial charge >= 0.3 is 0 Å². The normalized spacial score (nSPS) is 45.0. The fraction of sp³-hybridized carbons (Fsp3) is 0.842. The first-order valence-corrected chi connectivity index (χ1v) is 8.28. The van der Waals surface area contributed by atoms with Crippen LogP contribution in [0.15, 0.2) is 0 Å². The third-order valence-electron chi connectivity index (χ3n) is 6.02. The van der Waals surface area contributed by atoms with Gasteiger partial charge in [-0.2, -0.15) is 0 Å². The van der Waals surface area contributed by atoms with E-state index in [0.717, 1.165) is 18.8 Å². The van der Waals surface area contributed by atoms with Crippen molar-refractivity contribution in [3.05, 3.63) is 0 Å². The molecule has 4 aliphatic carbocycles. The largest absolute Gasteiger partial charge is 0.300 e. The first-order valence-electron chi connectivity index (χ1n) is 8.28. The molecule has 4 bridgehead atoms. The monoisotopic (exact) mass is 272 g/mol. The van der Waals surface area contributed by atoms with Crippen LogP contribution in [-0.4, -0.2) is 5.78 Å². The van der Waals surface area contributed by atoms with Crippen molar-refractivity contribution in [1.29, 1.82) is 0 Å². The van der Waals surface area contributed by atoms with Crippen molar-refractivity contribution in [3.63, 3.8) is 0 Å². The van der Waals surface area contributed by atoms with Crippen LogP contribution in [0.5, 0.6) is 0 Å². The van der Waals surface area contributed by atoms with Crippen molar-refractivity contribution >= 4 is 5.78 Å². The van der Waals surface area contributed by atoms with Crippen LogP contribution >= 0.6 is 0 Å². The second-order valence-electron chi connectivity index (χ2n) is 8.77. The highest BCUT2D eigenvalue weighted by atomic mass is 16.1. The van der Waals surface area contributed by atoms with Crippen LogP contribution < -0.4 is 0 Å². The number of carbonyl (C=O) groups excluding carboxylic acids is 1. The maximum absolute atomic E-state index is 12.3. The van der Waals surface area contributed by atoms with Crippen LogP contribution in [0, 0.1) is 34.0 Å². The molecule has 0 amide bonds. The van der Waals surface area contributed by atoms with Crippen molar-refractivity contribution in [2.45, 2.75) is 78.6 Å². The summed E-state index contributed by atoms with van der Waals surface area (Å²) in [6.07, 6.45) is 10.4. The average molecular weight is 272 g/mol. The number of hydrogen-bond acceptors (Lipinski definition) is 1. The van der Waals surface area contributed by atoms with Gasteiger partial charge in [-0.1, -0.05) is 13.8 Å². The molecule has 2 atom stereocenters. The van der Waals surface area contributed by atoms with E-state index in [0.29, 0.717) is 28.4 Å². The second kappa shape index (κ2) is 4.62. The highest BCUT2D eigenvalue weighted by molar-refractivity contribution is 5.79. The number of hydrogen-bond donors (Lipinski definition) is 0. The minimum atomic E-state index is 0.347. The van der Waals surface area contributed by atoms with Crippen LogP contribution in [0.2, 0.25) is 0 Å². The summed E-state index contributed by atoms with van der Waals surface area (Å²) in [5.41, 5.74) is 1.40. The Morgan fingerprint density at radius 2 is 1.75 bits per heavy atom. The maximum Gasteiger partial charge on any atom is 0.134 e. The Labute approximate surface area is 123 Å². The summed E-state index contributed by atoms with van der Waals surface area (Å²) < 4.78 is 0. The predicted molar refractivity (Wildman–Crippen MR) is 82.1 cm³/mol. The van der Waals surface area contributed by atoms with Crippen LogP contribution in [0.1, 0.15) is 78.6 Å². The van der Waals surface area contributed by atoms with E-state index >= 15 is 0 Å². The van der Waals surface area contributed by atoms with Gasteiger partial charge in [0.05, 0.1) is 0 Å². The smallest absolute Gasteiger partial charge is 0.134 e.